The number of hydrogen-bond donors (Lipinski definition) is 0. The summed E-state index contributed by atoms with van der Waals surface area (Å²) in [6.07, 6.45) is 0.775. The Morgan fingerprint density at radius 1 is 1.17 bits per heavy atom. The maximum absolute atomic E-state index is 12.7. The summed E-state index contributed by atoms with van der Waals surface area (Å²) in [5.74, 6) is 1.97. The number of carbonyl (C=O) groups is 1. The Morgan fingerprint density at radius 2 is 1.83 bits per heavy atom. The second-order valence-electron chi connectivity index (χ2n) is 5.66. The Morgan fingerprint density at radius 3 is 2.39 bits per heavy atom. The zero-order chi connectivity index (χ0) is 16.6. The predicted molar refractivity (Wildman–Crippen MR) is 84.0 cm³/mol. The molecule has 23 heavy (non-hydrogen) atoms. The molecule has 0 N–H and O–H groups in total. The van der Waals surface area contributed by atoms with Gasteiger partial charge < -0.3 is 18.9 Å². The average Bonchev–Trinajstić information content (AvgIpc) is 2.91. The van der Waals surface area contributed by atoms with Gasteiger partial charge in [0.2, 0.25) is 0 Å². The lowest BCUT2D eigenvalue weighted by Gasteiger charge is -2.29. The van der Waals surface area contributed by atoms with E-state index in [1.807, 2.05) is 26.0 Å². The van der Waals surface area contributed by atoms with Crippen LogP contribution in [0.4, 0.5) is 0 Å². The van der Waals surface area contributed by atoms with Crippen molar-refractivity contribution in [1.82, 2.24) is 10.1 Å². The summed E-state index contributed by atoms with van der Waals surface area (Å²) >= 11 is 0. The van der Waals surface area contributed by atoms with E-state index in [0.29, 0.717) is 36.0 Å². The molecule has 6 heteroatoms. The molecule has 1 amide bonds. The van der Waals surface area contributed by atoms with Crippen LogP contribution >= 0.6 is 0 Å². The highest BCUT2D eigenvalue weighted by molar-refractivity contribution is 5.93. The van der Waals surface area contributed by atoms with Gasteiger partial charge in [-0.2, -0.15) is 0 Å². The Kier molecular flexibility index (Phi) is 3.98. The highest BCUT2D eigenvalue weighted by atomic mass is 16.5. The minimum Gasteiger partial charge on any atom is -0.493 e. The van der Waals surface area contributed by atoms with Gasteiger partial charge >= 0.3 is 0 Å². The molecule has 0 bridgehead atoms. The van der Waals surface area contributed by atoms with E-state index in [0.717, 1.165) is 17.5 Å². The molecule has 0 aliphatic carbocycles. The number of amides is 1. The number of aryl methyl sites for hydroxylation is 1. The van der Waals surface area contributed by atoms with Crippen LogP contribution in [0, 0.1) is 13.8 Å². The smallest absolute Gasteiger partial charge is 0.276 e. The van der Waals surface area contributed by atoms with Crippen LogP contribution in [-0.2, 0) is 13.0 Å². The molecule has 2 heterocycles. The Labute approximate surface area is 135 Å². The second-order valence-corrected chi connectivity index (χ2v) is 5.66. The van der Waals surface area contributed by atoms with Crippen molar-refractivity contribution in [2.24, 2.45) is 0 Å². The van der Waals surface area contributed by atoms with Gasteiger partial charge in [0, 0.05) is 18.7 Å². The van der Waals surface area contributed by atoms with Crippen LogP contribution in [0.1, 0.15) is 32.9 Å². The van der Waals surface area contributed by atoms with Gasteiger partial charge in [-0.1, -0.05) is 5.16 Å². The van der Waals surface area contributed by atoms with Crippen molar-refractivity contribution in [3.8, 4) is 11.5 Å². The average molecular weight is 316 g/mol. The number of hydrogen-bond acceptors (Lipinski definition) is 5. The highest BCUT2D eigenvalue weighted by Crippen LogP contribution is 2.33. The van der Waals surface area contributed by atoms with Crippen LogP contribution in [0.15, 0.2) is 16.7 Å². The summed E-state index contributed by atoms with van der Waals surface area (Å²) in [6, 6.07) is 3.93. The van der Waals surface area contributed by atoms with Crippen molar-refractivity contribution < 1.29 is 18.8 Å². The van der Waals surface area contributed by atoms with Crippen LogP contribution < -0.4 is 9.47 Å². The standard InChI is InChI=1S/C17H20N2O4/c1-10-11(2)23-18-16(10)17(20)19-6-5-12-7-14(21-3)15(22-4)8-13(12)9-19/h7-8H,5-6,9H2,1-4H3. The van der Waals surface area contributed by atoms with Crippen molar-refractivity contribution >= 4 is 5.91 Å². The van der Waals surface area contributed by atoms with E-state index < -0.39 is 0 Å². The Balaban J connectivity index is 1.88. The van der Waals surface area contributed by atoms with Crippen molar-refractivity contribution in [1.29, 1.82) is 0 Å². The molecular formula is C17H20N2O4. The highest BCUT2D eigenvalue weighted by Gasteiger charge is 2.27. The molecule has 3 rings (SSSR count). The van der Waals surface area contributed by atoms with Gasteiger partial charge in [-0.15, -0.1) is 0 Å². The molecular weight excluding hydrogens is 296 g/mol. The molecule has 2 aromatic rings. The molecule has 0 spiro atoms. The minimum atomic E-state index is -0.0974. The maximum atomic E-state index is 12.7. The lowest BCUT2D eigenvalue weighted by molar-refractivity contribution is 0.0723. The number of ether oxygens (including phenoxy) is 2. The normalized spacial score (nSPS) is 13.7. The Bertz CT molecular complexity index is 751. The van der Waals surface area contributed by atoms with Crippen molar-refractivity contribution in [2.45, 2.75) is 26.8 Å². The van der Waals surface area contributed by atoms with E-state index >= 15 is 0 Å². The predicted octanol–water partition coefficient (Wildman–Crippen LogP) is 2.51. The Hall–Kier alpha value is -2.50. The summed E-state index contributed by atoms with van der Waals surface area (Å²) < 4.78 is 15.8. The molecule has 0 radical (unpaired) electrons. The summed E-state index contributed by atoms with van der Waals surface area (Å²) in [6.45, 7) is 4.83. The molecule has 122 valence electrons. The maximum Gasteiger partial charge on any atom is 0.276 e. The van der Waals surface area contributed by atoms with Crippen molar-refractivity contribution in [2.75, 3.05) is 20.8 Å². The fraction of sp³-hybridized carbons (Fsp3) is 0.412. The molecule has 1 aliphatic heterocycles. The third-order valence-electron chi connectivity index (χ3n) is 4.36. The van der Waals surface area contributed by atoms with E-state index in [4.69, 9.17) is 14.0 Å². The molecule has 0 fully saturated rings. The summed E-state index contributed by atoms with van der Waals surface area (Å²) in [5.41, 5.74) is 3.44. The number of aromatic nitrogens is 1. The fourth-order valence-corrected chi connectivity index (χ4v) is 2.82. The number of rotatable bonds is 3. The van der Waals surface area contributed by atoms with Crippen molar-refractivity contribution in [3.63, 3.8) is 0 Å². The summed E-state index contributed by atoms with van der Waals surface area (Å²) in [5, 5.41) is 3.90. The monoisotopic (exact) mass is 316 g/mol. The van der Waals surface area contributed by atoms with Crippen LogP contribution in [-0.4, -0.2) is 36.7 Å². The minimum absolute atomic E-state index is 0.0974. The quantitative estimate of drug-likeness (QED) is 0.870. The van der Waals surface area contributed by atoms with Gasteiger partial charge in [-0.3, -0.25) is 4.79 Å². The van der Waals surface area contributed by atoms with Crippen molar-refractivity contribution in [3.05, 3.63) is 40.3 Å². The SMILES string of the molecule is COc1cc2c(cc1OC)CN(C(=O)c1noc(C)c1C)CC2. The van der Waals surface area contributed by atoms with Crippen LogP contribution in [0.2, 0.25) is 0 Å². The van der Waals surface area contributed by atoms with Gasteiger partial charge in [0.05, 0.1) is 14.2 Å². The van der Waals surface area contributed by atoms with Crippen LogP contribution in [0.3, 0.4) is 0 Å². The number of fused-ring (bicyclic) bond motifs is 1. The zero-order valence-electron chi connectivity index (χ0n) is 13.8. The first-order valence-electron chi connectivity index (χ1n) is 7.51. The molecule has 0 saturated carbocycles. The largest absolute Gasteiger partial charge is 0.493 e. The fourth-order valence-electron chi connectivity index (χ4n) is 2.82. The lowest BCUT2D eigenvalue weighted by atomic mass is 9.98. The summed E-state index contributed by atoms with van der Waals surface area (Å²) in [7, 11) is 3.23. The van der Waals surface area contributed by atoms with Gasteiger partial charge in [0.15, 0.2) is 17.2 Å². The number of methoxy groups -OCH3 is 2. The first-order chi connectivity index (χ1) is 11.0. The van der Waals surface area contributed by atoms with E-state index in [1.54, 1.807) is 19.1 Å². The molecule has 0 atom stereocenters. The van der Waals surface area contributed by atoms with Gasteiger partial charge in [0.25, 0.3) is 5.91 Å². The van der Waals surface area contributed by atoms with Gasteiger partial charge in [-0.05, 0) is 43.5 Å². The van der Waals surface area contributed by atoms with E-state index in [9.17, 15) is 4.79 Å². The van der Waals surface area contributed by atoms with Crippen LogP contribution in [0.5, 0.6) is 11.5 Å². The lowest BCUT2D eigenvalue weighted by Crippen LogP contribution is -2.36. The van der Waals surface area contributed by atoms with E-state index in [-0.39, 0.29) is 5.91 Å². The molecule has 0 unspecified atom stereocenters. The molecule has 1 aromatic heterocycles. The molecule has 0 saturated heterocycles. The first-order valence-corrected chi connectivity index (χ1v) is 7.51. The van der Waals surface area contributed by atoms with E-state index in [2.05, 4.69) is 5.16 Å². The van der Waals surface area contributed by atoms with Gasteiger partial charge in [-0.25, -0.2) is 0 Å². The number of benzene rings is 1. The zero-order valence-corrected chi connectivity index (χ0v) is 13.8. The first kappa shape index (κ1) is 15.4. The third-order valence-corrected chi connectivity index (χ3v) is 4.36. The van der Waals surface area contributed by atoms with Crippen LogP contribution in [0.25, 0.3) is 0 Å². The summed E-state index contributed by atoms with van der Waals surface area (Å²) in [4.78, 5) is 14.5. The number of carbonyl (C=O) groups excluding carboxylic acids is 1. The molecule has 1 aliphatic rings. The molecule has 1 aromatic carbocycles. The topological polar surface area (TPSA) is 64.8 Å². The van der Waals surface area contributed by atoms with E-state index in [1.165, 1.54) is 5.56 Å². The number of nitrogens with zero attached hydrogens (tertiary/aromatic N) is 2. The molecule has 6 nitrogen and oxygen atoms in total. The third kappa shape index (κ3) is 2.65. The van der Waals surface area contributed by atoms with Gasteiger partial charge in [0.1, 0.15) is 5.76 Å². The second kappa shape index (κ2) is 5.95.